The predicted octanol–water partition coefficient (Wildman–Crippen LogP) is 3.14. The number of fused-ring (bicyclic) bond motifs is 3. The molecule has 8 atom stereocenters. The highest BCUT2D eigenvalue weighted by molar-refractivity contribution is 6.09. The third-order valence-corrected chi connectivity index (χ3v) is 11.0. The number of aliphatic hydroxyl groups excluding tert-OH is 2. The number of nitrogens with one attached hydrogen (secondary N) is 1. The van der Waals surface area contributed by atoms with Crippen LogP contribution in [0.25, 0.3) is 0 Å². The first kappa shape index (κ1) is 32.7. The van der Waals surface area contributed by atoms with Gasteiger partial charge in [-0.3, -0.25) is 14.4 Å². The van der Waals surface area contributed by atoms with Gasteiger partial charge in [0.25, 0.3) is 0 Å². The van der Waals surface area contributed by atoms with E-state index in [1.54, 1.807) is 6.92 Å². The molecule has 9 nitrogen and oxygen atoms in total. The van der Waals surface area contributed by atoms with Crippen molar-refractivity contribution >= 4 is 23.2 Å². The number of benzene rings is 2. The molecule has 2 aromatic carbocycles. The van der Waals surface area contributed by atoms with E-state index in [4.69, 9.17) is 5.73 Å². The monoisotopic (exact) mass is 616 g/mol. The Labute approximate surface area is 264 Å². The van der Waals surface area contributed by atoms with Gasteiger partial charge in [-0.2, -0.15) is 0 Å². The average molecular weight is 617 g/mol. The van der Waals surface area contributed by atoms with Crippen LogP contribution in [0.15, 0.2) is 30.3 Å². The van der Waals surface area contributed by atoms with Crippen LogP contribution in [0.1, 0.15) is 86.5 Å². The standard InChI is InChI=1S/C36H44N2O7/c1-17(2)22-14-20(11-8-19-9-12-21(38-7)13-10-19)28(39)24-23(22)15-34(5)16-35(6)26(18(3)4)30(41)25(33(37)44)31(42)36(35,45)32(43)27(34)29(24)40/h9-10,12-14,17-18,25-27,30,32,38-39,41,43,45H,15-16H2,1-7H3,(H2,37,44)/t25-,26+,27-,30?,32?,34-,35-,36+/m1/s1. The van der Waals surface area contributed by atoms with E-state index in [1.165, 1.54) is 0 Å². The molecule has 2 saturated carbocycles. The number of nitrogens with two attached hydrogens (primary N) is 1. The van der Waals surface area contributed by atoms with E-state index in [0.717, 1.165) is 11.3 Å². The number of hydrogen-bond donors (Lipinski definition) is 6. The average Bonchev–Trinajstić information content (AvgIpc) is 2.94. The molecular formula is C36H44N2O7. The Kier molecular flexibility index (Phi) is 7.97. The van der Waals surface area contributed by atoms with Gasteiger partial charge in [-0.05, 0) is 77.5 Å². The molecule has 240 valence electrons. The maximum absolute atomic E-state index is 14.5. The number of aromatic hydroxyl groups is 1. The molecule has 0 aliphatic heterocycles. The number of ketones is 2. The second-order valence-electron chi connectivity index (χ2n) is 14.4. The smallest absolute Gasteiger partial charge is 0.230 e. The van der Waals surface area contributed by atoms with E-state index < -0.39 is 63.9 Å². The molecule has 0 aromatic heterocycles. The van der Waals surface area contributed by atoms with Crippen molar-refractivity contribution < 1.29 is 34.8 Å². The van der Waals surface area contributed by atoms with Gasteiger partial charge in [-0.1, -0.05) is 53.4 Å². The van der Waals surface area contributed by atoms with Crippen LogP contribution in [0, 0.1) is 46.3 Å². The summed E-state index contributed by atoms with van der Waals surface area (Å²) in [6.07, 6.45) is -3.02. The summed E-state index contributed by atoms with van der Waals surface area (Å²) in [5.41, 5.74) is 4.05. The number of carbonyl (C=O) groups excluding carboxylic acids is 3. The van der Waals surface area contributed by atoms with E-state index >= 15 is 0 Å². The maximum atomic E-state index is 14.5. The highest BCUT2D eigenvalue weighted by Gasteiger charge is 2.76. The number of primary amides is 1. The van der Waals surface area contributed by atoms with Crippen LogP contribution in [-0.4, -0.2) is 62.8 Å². The molecule has 0 bridgehead atoms. The number of hydrogen-bond acceptors (Lipinski definition) is 8. The molecule has 45 heavy (non-hydrogen) atoms. The minimum Gasteiger partial charge on any atom is -0.506 e. The zero-order valence-corrected chi connectivity index (χ0v) is 26.9. The van der Waals surface area contributed by atoms with Crippen molar-refractivity contribution in [3.63, 3.8) is 0 Å². The lowest BCUT2D eigenvalue weighted by molar-refractivity contribution is -0.265. The molecule has 0 heterocycles. The second-order valence-corrected chi connectivity index (χ2v) is 14.4. The lowest BCUT2D eigenvalue weighted by Crippen LogP contribution is -2.79. The number of phenols is 1. The minimum atomic E-state index is -2.55. The molecule has 1 amide bonds. The van der Waals surface area contributed by atoms with Gasteiger partial charge in [0.1, 0.15) is 17.8 Å². The quantitative estimate of drug-likeness (QED) is 0.225. The Hall–Kier alpha value is -3.71. The summed E-state index contributed by atoms with van der Waals surface area (Å²) in [6.45, 7) is 11.1. The summed E-state index contributed by atoms with van der Waals surface area (Å²) in [5, 5.41) is 50.3. The molecule has 5 rings (SSSR count). The molecule has 0 saturated heterocycles. The first-order valence-electron chi connectivity index (χ1n) is 15.6. The largest absolute Gasteiger partial charge is 0.506 e. The van der Waals surface area contributed by atoms with E-state index in [-0.39, 0.29) is 41.6 Å². The van der Waals surface area contributed by atoms with Crippen molar-refractivity contribution in [2.45, 2.75) is 78.1 Å². The van der Waals surface area contributed by atoms with Crippen LogP contribution >= 0.6 is 0 Å². The van der Waals surface area contributed by atoms with Crippen LogP contribution in [0.4, 0.5) is 5.69 Å². The van der Waals surface area contributed by atoms with Gasteiger partial charge >= 0.3 is 0 Å². The minimum absolute atomic E-state index is 0.0277. The molecule has 2 unspecified atom stereocenters. The van der Waals surface area contributed by atoms with E-state index in [9.17, 15) is 34.8 Å². The molecule has 3 aliphatic carbocycles. The topological polar surface area (TPSA) is 170 Å². The predicted molar refractivity (Wildman–Crippen MR) is 170 cm³/mol. The van der Waals surface area contributed by atoms with Crippen molar-refractivity contribution in [2.24, 2.45) is 40.2 Å². The van der Waals surface area contributed by atoms with Crippen molar-refractivity contribution in [3.05, 3.63) is 58.1 Å². The fourth-order valence-electron chi connectivity index (χ4n) is 9.10. The molecule has 0 radical (unpaired) electrons. The highest BCUT2D eigenvalue weighted by Crippen LogP contribution is 2.66. The summed E-state index contributed by atoms with van der Waals surface area (Å²) < 4.78 is 0. The lowest BCUT2D eigenvalue weighted by atomic mass is 9.39. The molecule has 2 fully saturated rings. The summed E-state index contributed by atoms with van der Waals surface area (Å²) in [4.78, 5) is 40.9. The SMILES string of the molecule is CNc1ccc(C#Cc2cc(C(C)C)c3c(c2O)C(=O)[C@@H]2C(O)[C@@]4(O)C(=O)[C@H](C(N)=O)C(O)[C@H](C(C)C)[C@@]4(C)C[C@@]2(C)C3)cc1. The first-order valence-corrected chi connectivity index (χ1v) is 15.6. The van der Waals surface area contributed by atoms with E-state index in [0.29, 0.717) is 11.1 Å². The third-order valence-electron chi connectivity index (χ3n) is 11.0. The number of Topliss-reactive ketones (excluding diaryl/α,β-unsaturated/α-hetero) is 2. The number of aliphatic hydroxyl groups is 3. The number of phenolic OH excluding ortho intramolecular Hbond substituents is 1. The second kappa shape index (κ2) is 11.0. The van der Waals surface area contributed by atoms with Crippen LogP contribution in [-0.2, 0) is 16.0 Å². The van der Waals surface area contributed by atoms with Crippen LogP contribution < -0.4 is 11.1 Å². The van der Waals surface area contributed by atoms with Gasteiger partial charge in [0.15, 0.2) is 17.2 Å². The first-order chi connectivity index (χ1) is 20.9. The molecule has 9 heteroatoms. The molecular weight excluding hydrogens is 572 g/mol. The fourth-order valence-corrected chi connectivity index (χ4v) is 9.10. The Bertz CT molecular complexity index is 1640. The van der Waals surface area contributed by atoms with Crippen LogP contribution in [0.5, 0.6) is 5.75 Å². The summed E-state index contributed by atoms with van der Waals surface area (Å²) in [5.74, 6) is -1.19. The summed E-state index contributed by atoms with van der Waals surface area (Å²) >= 11 is 0. The molecule has 0 spiro atoms. The number of amides is 1. The van der Waals surface area contributed by atoms with Crippen molar-refractivity contribution in [3.8, 4) is 17.6 Å². The van der Waals surface area contributed by atoms with Gasteiger partial charge in [0.2, 0.25) is 5.91 Å². The van der Waals surface area contributed by atoms with Gasteiger partial charge in [-0.25, -0.2) is 0 Å². The summed E-state index contributed by atoms with van der Waals surface area (Å²) in [6, 6.07) is 9.24. The lowest BCUT2D eigenvalue weighted by Gasteiger charge is -2.66. The Balaban J connectivity index is 1.69. The van der Waals surface area contributed by atoms with E-state index in [1.807, 2.05) is 72.0 Å². The number of rotatable bonds is 4. The van der Waals surface area contributed by atoms with Crippen molar-refractivity contribution in [1.29, 1.82) is 0 Å². The Morgan fingerprint density at radius 1 is 1.07 bits per heavy atom. The number of anilines is 1. The zero-order chi connectivity index (χ0) is 33.4. The zero-order valence-electron chi connectivity index (χ0n) is 26.9. The fraction of sp³-hybridized carbons (Fsp3) is 0.528. The van der Waals surface area contributed by atoms with Gasteiger partial charge < -0.3 is 31.5 Å². The molecule has 2 aromatic rings. The Morgan fingerprint density at radius 2 is 1.69 bits per heavy atom. The summed E-state index contributed by atoms with van der Waals surface area (Å²) in [7, 11) is 1.82. The van der Waals surface area contributed by atoms with Crippen LogP contribution in [0.3, 0.4) is 0 Å². The Morgan fingerprint density at radius 3 is 2.22 bits per heavy atom. The van der Waals surface area contributed by atoms with Crippen molar-refractivity contribution in [2.75, 3.05) is 12.4 Å². The van der Waals surface area contributed by atoms with Gasteiger partial charge in [-0.15, -0.1) is 0 Å². The van der Waals surface area contributed by atoms with Gasteiger partial charge in [0.05, 0.1) is 23.1 Å². The molecule has 7 N–H and O–H groups in total. The van der Waals surface area contributed by atoms with Crippen molar-refractivity contribution in [1.82, 2.24) is 0 Å². The molecule has 3 aliphatic rings. The van der Waals surface area contributed by atoms with E-state index in [2.05, 4.69) is 17.2 Å². The maximum Gasteiger partial charge on any atom is 0.230 e. The highest BCUT2D eigenvalue weighted by atomic mass is 16.4. The van der Waals surface area contributed by atoms with Crippen LogP contribution in [0.2, 0.25) is 0 Å². The normalized spacial score (nSPS) is 34.0. The third kappa shape index (κ3) is 4.60. The van der Waals surface area contributed by atoms with Gasteiger partial charge in [0, 0.05) is 23.7 Å². The number of carbonyl (C=O) groups is 3.